The summed E-state index contributed by atoms with van der Waals surface area (Å²) in [6, 6.07) is 10.7. The third-order valence-corrected chi connectivity index (χ3v) is 5.65. The monoisotopic (exact) mass is 353 g/mol. The molecule has 0 aliphatic carbocycles. The average Bonchev–Trinajstić information content (AvgIpc) is 3.12. The fourth-order valence-corrected chi connectivity index (χ4v) is 4.09. The first-order valence-corrected chi connectivity index (χ1v) is 9.66. The van der Waals surface area contributed by atoms with Gasteiger partial charge < -0.3 is 9.47 Å². The highest BCUT2D eigenvalue weighted by Gasteiger charge is 2.35. The van der Waals surface area contributed by atoms with Crippen LogP contribution in [-0.2, 0) is 11.3 Å². The van der Waals surface area contributed by atoms with Crippen molar-refractivity contribution in [3.05, 3.63) is 36.2 Å². The normalized spacial score (nSPS) is 21.0. The number of hydrogen-bond acceptors (Lipinski definition) is 4. The molecule has 0 radical (unpaired) electrons. The van der Waals surface area contributed by atoms with Crippen molar-refractivity contribution >= 4 is 5.91 Å². The summed E-state index contributed by atoms with van der Waals surface area (Å²) in [7, 11) is 0. The minimum atomic E-state index is -0.153. The van der Waals surface area contributed by atoms with E-state index in [2.05, 4.69) is 33.5 Å². The van der Waals surface area contributed by atoms with E-state index in [0.717, 1.165) is 62.8 Å². The van der Waals surface area contributed by atoms with Gasteiger partial charge in [0.15, 0.2) is 5.82 Å². The second-order valence-electron chi connectivity index (χ2n) is 7.55. The van der Waals surface area contributed by atoms with Gasteiger partial charge in [-0.15, -0.1) is 10.2 Å². The molecule has 2 aromatic rings. The minimum Gasteiger partial charge on any atom is -0.339 e. The lowest BCUT2D eigenvalue weighted by Gasteiger charge is -2.38. The quantitative estimate of drug-likeness (QED) is 0.850. The number of benzene rings is 1. The lowest BCUT2D eigenvalue weighted by molar-refractivity contribution is -0.135. The molecule has 1 saturated heterocycles. The van der Waals surface area contributed by atoms with Gasteiger partial charge in [-0.25, -0.2) is 0 Å². The molecule has 0 spiro atoms. The molecule has 6 nitrogen and oxygen atoms in total. The SMILES string of the molecule is CC(C)N1CCN(C(=O)C2CCCn3c(-c4ccccc4)nnc32)CC1. The number of fused-ring (bicyclic) bond motifs is 1. The van der Waals surface area contributed by atoms with Crippen molar-refractivity contribution < 1.29 is 4.79 Å². The first-order chi connectivity index (χ1) is 12.6. The molecular weight excluding hydrogens is 326 g/mol. The lowest BCUT2D eigenvalue weighted by Crippen LogP contribution is -2.52. The minimum absolute atomic E-state index is 0.153. The van der Waals surface area contributed by atoms with Gasteiger partial charge in [-0.3, -0.25) is 9.69 Å². The zero-order valence-electron chi connectivity index (χ0n) is 15.6. The van der Waals surface area contributed by atoms with Crippen molar-refractivity contribution in [1.82, 2.24) is 24.6 Å². The van der Waals surface area contributed by atoms with E-state index in [9.17, 15) is 4.79 Å². The number of nitrogens with zero attached hydrogens (tertiary/aromatic N) is 5. The molecular formula is C20H27N5O. The molecule has 1 unspecified atom stereocenters. The molecule has 1 aromatic carbocycles. The van der Waals surface area contributed by atoms with Crippen LogP contribution in [0.15, 0.2) is 30.3 Å². The van der Waals surface area contributed by atoms with Crippen LogP contribution in [-0.4, -0.2) is 62.7 Å². The third-order valence-electron chi connectivity index (χ3n) is 5.65. The number of aromatic nitrogens is 3. The average molecular weight is 353 g/mol. The molecule has 0 saturated carbocycles. The Hall–Kier alpha value is -2.21. The van der Waals surface area contributed by atoms with Gasteiger partial charge in [-0.2, -0.15) is 0 Å². The predicted molar refractivity (Wildman–Crippen MR) is 101 cm³/mol. The second-order valence-corrected chi connectivity index (χ2v) is 7.55. The van der Waals surface area contributed by atoms with Crippen molar-refractivity contribution in [2.75, 3.05) is 26.2 Å². The smallest absolute Gasteiger partial charge is 0.233 e. The molecule has 2 aliphatic rings. The Bertz CT molecular complexity index is 762. The van der Waals surface area contributed by atoms with Crippen LogP contribution in [0.4, 0.5) is 0 Å². The summed E-state index contributed by atoms with van der Waals surface area (Å²) in [5, 5.41) is 8.84. The highest BCUT2D eigenvalue weighted by atomic mass is 16.2. The topological polar surface area (TPSA) is 54.3 Å². The Kier molecular flexibility index (Phi) is 4.76. The molecule has 1 amide bonds. The van der Waals surface area contributed by atoms with E-state index in [1.165, 1.54) is 0 Å². The zero-order chi connectivity index (χ0) is 18.1. The van der Waals surface area contributed by atoms with Crippen LogP contribution in [0.1, 0.15) is 38.4 Å². The largest absolute Gasteiger partial charge is 0.339 e. The van der Waals surface area contributed by atoms with Crippen LogP contribution in [0, 0.1) is 0 Å². The fraction of sp³-hybridized carbons (Fsp3) is 0.550. The van der Waals surface area contributed by atoms with E-state index in [0.29, 0.717) is 6.04 Å². The fourth-order valence-electron chi connectivity index (χ4n) is 4.09. The van der Waals surface area contributed by atoms with E-state index in [4.69, 9.17) is 0 Å². The van der Waals surface area contributed by atoms with Gasteiger partial charge in [0, 0.05) is 44.3 Å². The Morgan fingerprint density at radius 3 is 2.46 bits per heavy atom. The summed E-state index contributed by atoms with van der Waals surface area (Å²) >= 11 is 0. The maximum Gasteiger partial charge on any atom is 0.233 e. The summed E-state index contributed by atoms with van der Waals surface area (Å²) in [5.74, 6) is 1.79. The Labute approximate surface area is 154 Å². The number of rotatable bonds is 3. The highest BCUT2D eigenvalue weighted by molar-refractivity contribution is 5.83. The summed E-state index contributed by atoms with van der Waals surface area (Å²) in [4.78, 5) is 17.6. The van der Waals surface area contributed by atoms with Crippen LogP contribution in [0.3, 0.4) is 0 Å². The summed E-state index contributed by atoms with van der Waals surface area (Å²) in [5.41, 5.74) is 1.06. The standard InChI is InChI=1S/C20H27N5O/c1-15(2)23-11-13-24(14-12-23)20(26)17-9-6-10-25-18(21-22-19(17)25)16-7-4-3-5-8-16/h3-5,7-8,15,17H,6,9-14H2,1-2H3. The number of carbonyl (C=O) groups excluding carboxylic acids is 1. The lowest BCUT2D eigenvalue weighted by atomic mass is 9.96. The van der Waals surface area contributed by atoms with Gasteiger partial charge >= 0.3 is 0 Å². The molecule has 138 valence electrons. The number of amides is 1. The molecule has 6 heteroatoms. The molecule has 26 heavy (non-hydrogen) atoms. The van der Waals surface area contributed by atoms with Gasteiger partial charge in [0.25, 0.3) is 0 Å². The molecule has 0 bridgehead atoms. The number of piperazine rings is 1. The van der Waals surface area contributed by atoms with E-state index in [-0.39, 0.29) is 11.8 Å². The van der Waals surface area contributed by atoms with Gasteiger partial charge in [-0.1, -0.05) is 30.3 Å². The molecule has 1 atom stereocenters. The van der Waals surface area contributed by atoms with Gasteiger partial charge in [0.2, 0.25) is 5.91 Å². The molecule has 0 N–H and O–H groups in total. The van der Waals surface area contributed by atoms with Gasteiger partial charge in [-0.05, 0) is 26.7 Å². The Morgan fingerprint density at radius 2 is 1.77 bits per heavy atom. The second kappa shape index (κ2) is 7.19. The van der Waals surface area contributed by atoms with Gasteiger partial charge in [0.1, 0.15) is 5.82 Å². The third kappa shape index (κ3) is 3.14. The van der Waals surface area contributed by atoms with Gasteiger partial charge in [0.05, 0.1) is 5.92 Å². The van der Waals surface area contributed by atoms with E-state index >= 15 is 0 Å². The van der Waals surface area contributed by atoms with Crippen molar-refractivity contribution in [1.29, 1.82) is 0 Å². The van der Waals surface area contributed by atoms with E-state index in [1.807, 2.05) is 35.2 Å². The highest BCUT2D eigenvalue weighted by Crippen LogP contribution is 2.31. The van der Waals surface area contributed by atoms with Crippen LogP contribution in [0.25, 0.3) is 11.4 Å². The molecule has 3 heterocycles. The summed E-state index contributed by atoms with van der Waals surface area (Å²) in [6.45, 7) is 8.85. The Morgan fingerprint density at radius 1 is 1.04 bits per heavy atom. The molecule has 1 aromatic heterocycles. The van der Waals surface area contributed by atoms with Crippen LogP contribution < -0.4 is 0 Å². The maximum absolute atomic E-state index is 13.2. The zero-order valence-corrected chi connectivity index (χ0v) is 15.6. The van der Waals surface area contributed by atoms with E-state index < -0.39 is 0 Å². The van der Waals surface area contributed by atoms with E-state index in [1.54, 1.807) is 0 Å². The predicted octanol–water partition coefficient (Wildman–Crippen LogP) is 2.38. The maximum atomic E-state index is 13.2. The molecule has 4 rings (SSSR count). The summed E-state index contributed by atoms with van der Waals surface area (Å²) in [6.07, 6.45) is 1.86. The number of carbonyl (C=O) groups is 1. The van der Waals surface area contributed by atoms with Crippen molar-refractivity contribution in [2.24, 2.45) is 0 Å². The van der Waals surface area contributed by atoms with Crippen LogP contribution in [0.5, 0.6) is 0 Å². The van der Waals surface area contributed by atoms with Crippen molar-refractivity contribution in [2.45, 2.75) is 45.2 Å². The molecule has 2 aliphatic heterocycles. The number of hydrogen-bond donors (Lipinski definition) is 0. The van der Waals surface area contributed by atoms with Crippen molar-refractivity contribution in [3.8, 4) is 11.4 Å². The first kappa shape index (κ1) is 17.2. The Balaban J connectivity index is 1.54. The van der Waals surface area contributed by atoms with Crippen molar-refractivity contribution in [3.63, 3.8) is 0 Å². The van der Waals surface area contributed by atoms with Crippen LogP contribution >= 0.6 is 0 Å². The molecule has 1 fully saturated rings. The van der Waals surface area contributed by atoms with Crippen LogP contribution in [0.2, 0.25) is 0 Å². The first-order valence-electron chi connectivity index (χ1n) is 9.66. The summed E-state index contributed by atoms with van der Waals surface area (Å²) < 4.78 is 2.14.